The lowest BCUT2D eigenvalue weighted by Gasteiger charge is -2.18. The van der Waals surface area contributed by atoms with E-state index in [0.717, 1.165) is 64.2 Å². The van der Waals surface area contributed by atoms with Gasteiger partial charge in [-0.15, -0.1) is 0 Å². The van der Waals surface area contributed by atoms with Gasteiger partial charge in [-0.05, 0) is 44.9 Å². The summed E-state index contributed by atoms with van der Waals surface area (Å²) in [5.74, 6) is -0.958. The van der Waals surface area contributed by atoms with Crippen LogP contribution < -0.4 is 0 Å². The molecule has 0 saturated heterocycles. The van der Waals surface area contributed by atoms with Crippen molar-refractivity contribution in [1.82, 2.24) is 0 Å². The van der Waals surface area contributed by atoms with Crippen molar-refractivity contribution in [3.63, 3.8) is 0 Å². The molecule has 0 fully saturated rings. The third-order valence-electron chi connectivity index (χ3n) is 12.9. The van der Waals surface area contributed by atoms with Gasteiger partial charge >= 0.3 is 17.9 Å². The Morgan fingerprint density at radius 3 is 0.910 bits per heavy atom. The van der Waals surface area contributed by atoms with Crippen LogP contribution in [-0.4, -0.2) is 37.2 Å². The summed E-state index contributed by atoms with van der Waals surface area (Å²) in [5.41, 5.74) is 0. The molecule has 0 saturated carbocycles. The predicted octanol–water partition coefficient (Wildman–Crippen LogP) is 19.4. The molecule has 1 unspecified atom stereocenters. The number of unbranched alkanes of at least 4 members (excludes halogenated alkanes) is 34. The molecule has 0 N–H and O–H groups in total. The van der Waals surface area contributed by atoms with E-state index in [2.05, 4.69) is 63.3 Å². The Balaban J connectivity index is 4.34. The van der Waals surface area contributed by atoms with Gasteiger partial charge in [0.05, 0.1) is 0 Å². The van der Waals surface area contributed by atoms with Crippen LogP contribution in [0.3, 0.4) is 0 Å². The molecular weight excluding hydrogens is 829 g/mol. The SMILES string of the molecule is CC/C=C\C/C=C\C/C=C\C/C=C\CCC(=O)OCC(COC(=O)CCCCCCCCCCCCCCCCCCCCCC)OC(=O)CCCCCCCCCCCCCCCCCC. The molecule has 0 spiro atoms. The molecule has 390 valence electrons. The largest absolute Gasteiger partial charge is 0.462 e. The van der Waals surface area contributed by atoms with Crippen molar-refractivity contribution in [3.05, 3.63) is 48.6 Å². The fourth-order valence-corrected chi connectivity index (χ4v) is 8.52. The van der Waals surface area contributed by atoms with Crippen LogP contribution in [0.1, 0.15) is 303 Å². The molecule has 0 aliphatic heterocycles. The first kappa shape index (κ1) is 64.4. The number of hydrogen-bond donors (Lipinski definition) is 0. The van der Waals surface area contributed by atoms with Crippen LogP contribution in [0.2, 0.25) is 0 Å². The minimum Gasteiger partial charge on any atom is -0.462 e. The first-order valence-corrected chi connectivity index (χ1v) is 29.1. The molecule has 0 heterocycles. The second-order valence-corrected chi connectivity index (χ2v) is 19.5. The number of ether oxygens (including phenoxy) is 3. The van der Waals surface area contributed by atoms with Gasteiger partial charge in [0, 0.05) is 19.3 Å². The summed E-state index contributed by atoms with van der Waals surface area (Å²) in [6.07, 6.45) is 68.4. The normalized spacial score (nSPS) is 12.3. The zero-order valence-electron chi connectivity index (χ0n) is 44.7. The van der Waals surface area contributed by atoms with Gasteiger partial charge in [0.1, 0.15) is 13.2 Å². The third-order valence-corrected chi connectivity index (χ3v) is 12.9. The van der Waals surface area contributed by atoms with Crippen LogP contribution in [0, 0.1) is 0 Å². The van der Waals surface area contributed by atoms with Crippen LogP contribution >= 0.6 is 0 Å². The monoisotopic (exact) mass is 939 g/mol. The smallest absolute Gasteiger partial charge is 0.306 e. The van der Waals surface area contributed by atoms with E-state index >= 15 is 0 Å². The summed E-state index contributed by atoms with van der Waals surface area (Å²) >= 11 is 0. The van der Waals surface area contributed by atoms with E-state index in [1.54, 1.807) is 0 Å². The Morgan fingerprint density at radius 1 is 0.313 bits per heavy atom. The molecule has 0 bridgehead atoms. The van der Waals surface area contributed by atoms with Crippen molar-refractivity contribution in [3.8, 4) is 0 Å². The maximum absolute atomic E-state index is 12.8. The van der Waals surface area contributed by atoms with Gasteiger partial charge in [0.2, 0.25) is 0 Å². The van der Waals surface area contributed by atoms with Crippen LogP contribution in [-0.2, 0) is 28.6 Å². The number of carbonyl (C=O) groups excluding carboxylic acids is 3. The van der Waals surface area contributed by atoms with Crippen molar-refractivity contribution in [2.75, 3.05) is 13.2 Å². The maximum Gasteiger partial charge on any atom is 0.306 e. The Morgan fingerprint density at radius 2 is 0.582 bits per heavy atom. The summed E-state index contributed by atoms with van der Waals surface area (Å²) in [4.78, 5) is 38.1. The Hall–Kier alpha value is -2.63. The van der Waals surface area contributed by atoms with E-state index in [4.69, 9.17) is 14.2 Å². The van der Waals surface area contributed by atoms with Crippen molar-refractivity contribution in [1.29, 1.82) is 0 Å². The molecule has 0 amide bonds. The Kier molecular flexibility index (Phi) is 53.8. The molecular formula is C61H110O6. The molecule has 67 heavy (non-hydrogen) atoms. The third kappa shape index (κ3) is 54.2. The van der Waals surface area contributed by atoms with Gasteiger partial charge in [-0.1, -0.05) is 288 Å². The average molecular weight is 940 g/mol. The summed E-state index contributed by atoms with van der Waals surface area (Å²) in [6.45, 7) is 6.51. The van der Waals surface area contributed by atoms with Gasteiger partial charge in [-0.25, -0.2) is 0 Å². The van der Waals surface area contributed by atoms with Crippen LogP contribution in [0.25, 0.3) is 0 Å². The number of esters is 3. The van der Waals surface area contributed by atoms with Crippen molar-refractivity contribution in [2.45, 2.75) is 309 Å². The molecule has 6 heteroatoms. The predicted molar refractivity (Wildman–Crippen MR) is 289 cm³/mol. The zero-order chi connectivity index (χ0) is 48.6. The second kappa shape index (κ2) is 56.0. The van der Waals surface area contributed by atoms with E-state index in [1.807, 2.05) is 6.08 Å². The van der Waals surface area contributed by atoms with Crippen LogP contribution in [0.5, 0.6) is 0 Å². The Labute approximate surface area is 416 Å². The van der Waals surface area contributed by atoms with E-state index in [1.165, 1.54) is 193 Å². The van der Waals surface area contributed by atoms with Crippen LogP contribution in [0.15, 0.2) is 48.6 Å². The highest BCUT2D eigenvalue weighted by Gasteiger charge is 2.19. The maximum atomic E-state index is 12.8. The highest BCUT2D eigenvalue weighted by molar-refractivity contribution is 5.71. The standard InChI is InChI=1S/C61H110O6/c1-4-7-10-13-16-19-22-25-27-29-30-31-32-34-36-39-42-45-48-51-54-60(63)66-57-58(56-65-59(62)53-50-47-44-41-38-35-24-21-18-15-12-9-6-3)67-61(64)55-52-49-46-43-40-37-33-28-26-23-20-17-14-11-8-5-2/h9,12,18,21,35,38,44,47,58H,4-8,10-11,13-17,19-20,22-34,36-37,39-43,45-46,48-57H2,1-3H3/b12-9-,21-18-,38-35-,47-44-. The lowest BCUT2D eigenvalue weighted by Crippen LogP contribution is -2.30. The molecule has 0 aliphatic carbocycles. The summed E-state index contributed by atoms with van der Waals surface area (Å²) < 4.78 is 16.8. The molecule has 0 aliphatic rings. The first-order valence-electron chi connectivity index (χ1n) is 29.1. The van der Waals surface area contributed by atoms with Crippen molar-refractivity contribution in [2.24, 2.45) is 0 Å². The van der Waals surface area contributed by atoms with E-state index in [9.17, 15) is 14.4 Å². The second-order valence-electron chi connectivity index (χ2n) is 19.5. The van der Waals surface area contributed by atoms with Crippen LogP contribution in [0.4, 0.5) is 0 Å². The van der Waals surface area contributed by atoms with Crippen molar-refractivity contribution < 1.29 is 28.6 Å². The fourth-order valence-electron chi connectivity index (χ4n) is 8.52. The lowest BCUT2D eigenvalue weighted by atomic mass is 10.0. The molecule has 6 nitrogen and oxygen atoms in total. The summed E-state index contributed by atoms with van der Waals surface area (Å²) in [5, 5.41) is 0. The number of hydrogen-bond acceptors (Lipinski definition) is 6. The van der Waals surface area contributed by atoms with Gasteiger partial charge in [0.25, 0.3) is 0 Å². The average Bonchev–Trinajstić information content (AvgIpc) is 3.33. The zero-order valence-corrected chi connectivity index (χ0v) is 44.7. The summed E-state index contributed by atoms with van der Waals surface area (Å²) in [7, 11) is 0. The fraction of sp³-hybridized carbons (Fsp3) is 0.820. The highest BCUT2D eigenvalue weighted by atomic mass is 16.6. The molecule has 0 aromatic heterocycles. The molecule has 0 rings (SSSR count). The number of carbonyl (C=O) groups is 3. The number of allylic oxidation sites excluding steroid dienone is 8. The first-order chi connectivity index (χ1) is 33.0. The lowest BCUT2D eigenvalue weighted by molar-refractivity contribution is -0.166. The Bertz CT molecular complexity index is 1170. The van der Waals surface area contributed by atoms with Crippen molar-refractivity contribution >= 4 is 17.9 Å². The van der Waals surface area contributed by atoms with Gasteiger partial charge in [-0.3, -0.25) is 14.4 Å². The van der Waals surface area contributed by atoms with E-state index in [0.29, 0.717) is 19.3 Å². The summed E-state index contributed by atoms with van der Waals surface area (Å²) in [6, 6.07) is 0. The molecule has 0 aromatic rings. The topological polar surface area (TPSA) is 78.9 Å². The molecule has 0 aromatic carbocycles. The van der Waals surface area contributed by atoms with Gasteiger partial charge in [0.15, 0.2) is 6.10 Å². The van der Waals surface area contributed by atoms with E-state index < -0.39 is 6.10 Å². The number of rotatable bonds is 53. The van der Waals surface area contributed by atoms with E-state index in [-0.39, 0.29) is 37.5 Å². The quantitative estimate of drug-likeness (QED) is 0.0262. The highest BCUT2D eigenvalue weighted by Crippen LogP contribution is 2.17. The van der Waals surface area contributed by atoms with Gasteiger partial charge < -0.3 is 14.2 Å². The molecule has 1 atom stereocenters. The molecule has 0 radical (unpaired) electrons. The minimum absolute atomic E-state index is 0.0904. The van der Waals surface area contributed by atoms with Gasteiger partial charge in [-0.2, -0.15) is 0 Å². The minimum atomic E-state index is -0.797.